The lowest BCUT2D eigenvalue weighted by molar-refractivity contribution is 0.270. The third-order valence-corrected chi connectivity index (χ3v) is 2.76. The number of hydrogen-bond acceptors (Lipinski definition) is 3. The van der Waals surface area contributed by atoms with Crippen LogP contribution in [0.4, 0.5) is 0 Å². The molecule has 0 atom stereocenters. The highest BCUT2D eigenvalue weighted by Crippen LogP contribution is 2.12. The van der Waals surface area contributed by atoms with E-state index in [4.69, 9.17) is 9.84 Å². The number of imidazole rings is 1. The lowest BCUT2D eigenvalue weighted by Crippen LogP contribution is -2.04. The number of nitrogens with zero attached hydrogens (tertiary/aromatic N) is 2. The summed E-state index contributed by atoms with van der Waals surface area (Å²) in [7, 11) is 1.66. The molecule has 2 rings (SSSR count). The Kier molecular flexibility index (Phi) is 3.77. The fourth-order valence-electron chi connectivity index (χ4n) is 1.72. The summed E-state index contributed by atoms with van der Waals surface area (Å²) in [5.74, 6) is 0.868. The fourth-order valence-corrected chi connectivity index (χ4v) is 1.72. The Morgan fingerprint density at radius 1 is 1.29 bits per heavy atom. The Morgan fingerprint density at radius 2 is 2.06 bits per heavy atom. The van der Waals surface area contributed by atoms with Crippen molar-refractivity contribution >= 4 is 0 Å². The van der Waals surface area contributed by atoms with Gasteiger partial charge in [0.05, 0.1) is 31.9 Å². The predicted molar refractivity (Wildman–Crippen MR) is 64.8 cm³/mol. The van der Waals surface area contributed by atoms with Crippen LogP contribution in [0.25, 0.3) is 0 Å². The van der Waals surface area contributed by atoms with Crippen LogP contribution in [-0.2, 0) is 19.6 Å². The zero-order valence-corrected chi connectivity index (χ0v) is 9.84. The van der Waals surface area contributed by atoms with Gasteiger partial charge >= 0.3 is 0 Å². The first kappa shape index (κ1) is 11.7. The van der Waals surface area contributed by atoms with Crippen LogP contribution in [0.1, 0.15) is 11.3 Å². The monoisotopic (exact) mass is 232 g/mol. The molecule has 0 unspecified atom stereocenters. The van der Waals surface area contributed by atoms with Crippen molar-refractivity contribution in [1.29, 1.82) is 0 Å². The SMILES string of the molecule is COc1ccc(CCn2cncc2CO)cc1. The number of aliphatic hydroxyl groups excluding tert-OH is 1. The maximum Gasteiger partial charge on any atom is 0.118 e. The van der Waals surface area contributed by atoms with Gasteiger partial charge in [0, 0.05) is 6.54 Å². The number of rotatable bonds is 5. The quantitative estimate of drug-likeness (QED) is 0.852. The van der Waals surface area contributed by atoms with Crippen molar-refractivity contribution < 1.29 is 9.84 Å². The Labute approximate surface area is 100 Å². The van der Waals surface area contributed by atoms with E-state index in [1.54, 1.807) is 19.6 Å². The third-order valence-electron chi connectivity index (χ3n) is 2.76. The molecule has 0 aliphatic rings. The second-order valence-electron chi connectivity index (χ2n) is 3.83. The van der Waals surface area contributed by atoms with Crippen LogP contribution < -0.4 is 4.74 Å². The number of hydrogen-bond donors (Lipinski definition) is 1. The van der Waals surface area contributed by atoms with E-state index >= 15 is 0 Å². The van der Waals surface area contributed by atoms with Gasteiger partial charge in [0.15, 0.2) is 0 Å². The molecule has 90 valence electrons. The van der Waals surface area contributed by atoms with Crippen LogP contribution in [0.3, 0.4) is 0 Å². The summed E-state index contributed by atoms with van der Waals surface area (Å²) in [6.45, 7) is 0.852. The second-order valence-corrected chi connectivity index (χ2v) is 3.83. The van der Waals surface area contributed by atoms with Crippen molar-refractivity contribution in [2.45, 2.75) is 19.6 Å². The van der Waals surface area contributed by atoms with Gasteiger partial charge in [0.1, 0.15) is 5.75 Å². The van der Waals surface area contributed by atoms with E-state index in [9.17, 15) is 0 Å². The average Bonchev–Trinajstić information content (AvgIpc) is 2.84. The van der Waals surface area contributed by atoms with E-state index in [-0.39, 0.29) is 6.61 Å². The maximum atomic E-state index is 9.10. The lowest BCUT2D eigenvalue weighted by Gasteiger charge is -2.07. The predicted octanol–water partition coefficient (Wildman–Crippen LogP) is 1.63. The van der Waals surface area contributed by atoms with Gasteiger partial charge in [0.2, 0.25) is 0 Å². The average molecular weight is 232 g/mol. The normalized spacial score (nSPS) is 10.5. The molecule has 1 N–H and O–H groups in total. The Hall–Kier alpha value is -1.81. The molecule has 0 aliphatic carbocycles. The van der Waals surface area contributed by atoms with Crippen LogP contribution in [0.15, 0.2) is 36.8 Å². The van der Waals surface area contributed by atoms with Crippen molar-refractivity contribution in [2.75, 3.05) is 7.11 Å². The zero-order chi connectivity index (χ0) is 12.1. The number of aromatic nitrogens is 2. The largest absolute Gasteiger partial charge is 0.497 e. The molecule has 17 heavy (non-hydrogen) atoms. The fraction of sp³-hybridized carbons (Fsp3) is 0.308. The number of benzene rings is 1. The van der Waals surface area contributed by atoms with Gasteiger partial charge in [-0.1, -0.05) is 12.1 Å². The third kappa shape index (κ3) is 2.85. The molecule has 0 saturated carbocycles. The molecule has 0 amide bonds. The molecule has 2 aromatic rings. The summed E-state index contributed by atoms with van der Waals surface area (Å²) < 4.78 is 7.07. The van der Waals surface area contributed by atoms with E-state index in [1.807, 2.05) is 28.8 Å². The van der Waals surface area contributed by atoms with Gasteiger partial charge in [0.25, 0.3) is 0 Å². The van der Waals surface area contributed by atoms with E-state index in [2.05, 4.69) is 4.98 Å². The minimum Gasteiger partial charge on any atom is -0.497 e. The van der Waals surface area contributed by atoms with E-state index < -0.39 is 0 Å². The molecule has 0 radical (unpaired) electrons. The van der Waals surface area contributed by atoms with Gasteiger partial charge in [-0.15, -0.1) is 0 Å². The van der Waals surface area contributed by atoms with Crippen molar-refractivity contribution in [2.24, 2.45) is 0 Å². The molecule has 0 fully saturated rings. The first-order valence-electron chi connectivity index (χ1n) is 5.56. The molecule has 0 saturated heterocycles. The summed E-state index contributed by atoms with van der Waals surface area (Å²) in [6, 6.07) is 8.01. The van der Waals surface area contributed by atoms with Crippen LogP contribution in [-0.4, -0.2) is 21.8 Å². The lowest BCUT2D eigenvalue weighted by atomic mass is 10.1. The van der Waals surface area contributed by atoms with Crippen molar-refractivity contribution in [3.8, 4) is 5.75 Å². The maximum absolute atomic E-state index is 9.10. The van der Waals surface area contributed by atoms with E-state index in [0.29, 0.717) is 0 Å². The summed E-state index contributed by atoms with van der Waals surface area (Å²) >= 11 is 0. The molecule has 1 aromatic carbocycles. The summed E-state index contributed by atoms with van der Waals surface area (Å²) in [4.78, 5) is 4.02. The van der Waals surface area contributed by atoms with Crippen molar-refractivity contribution in [1.82, 2.24) is 9.55 Å². The highest BCUT2D eigenvalue weighted by atomic mass is 16.5. The second kappa shape index (κ2) is 5.50. The zero-order valence-electron chi connectivity index (χ0n) is 9.84. The molecular formula is C13H16N2O2. The minimum atomic E-state index is 0.0304. The molecule has 1 heterocycles. The molecular weight excluding hydrogens is 216 g/mol. The first-order chi connectivity index (χ1) is 8.33. The summed E-state index contributed by atoms with van der Waals surface area (Å²) in [5, 5.41) is 9.10. The molecule has 4 nitrogen and oxygen atoms in total. The van der Waals surface area contributed by atoms with E-state index in [1.165, 1.54) is 5.56 Å². The Balaban J connectivity index is 1.97. The molecule has 0 bridgehead atoms. The van der Waals surface area contributed by atoms with Crippen molar-refractivity contribution in [3.63, 3.8) is 0 Å². The smallest absolute Gasteiger partial charge is 0.118 e. The Morgan fingerprint density at radius 3 is 2.71 bits per heavy atom. The van der Waals surface area contributed by atoms with Crippen LogP contribution in [0, 0.1) is 0 Å². The van der Waals surface area contributed by atoms with Crippen LogP contribution in [0.2, 0.25) is 0 Å². The van der Waals surface area contributed by atoms with Crippen LogP contribution in [0.5, 0.6) is 5.75 Å². The summed E-state index contributed by atoms with van der Waals surface area (Å²) in [6.07, 6.45) is 4.34. The molecule has 4 heteroatoms. The standard InChI is InChI=1S/C13H16N2O2/c1-17-13-4-2-11(3-5-13)6-7-15-10-14-8-12(15)9-16/h2-5,8,10,16H,6-7,9H2,1H3. The van der Waals surface area contributed by atoms with Gasteiger partial charge in [-0.2, -0.15) is 0 Å². The molecule has 1 aromatic heterocycles. The van der Waals surface area contributed by atoms with Crippen LogP contribution >= 0.6 is 0 Å². The molecule has 0 aliphatic heterocycles. The van der Waals surface area contributed by atoms with Gasteiger partial charge in [-0.3, -0.25) is 0 Å². The minimum absolute atomic E-state index is 0.0304. The number of aryl methyl sites for hydroxylation is 2. The van der Waals surface area contributed by atoms with Gasteiger partial charge in [-0.25, -0.2) is 4.98 Å². The highest BCUT2D eigenvalue weighted by molar-refractivity contribution is 5.27. The topological polar surface area (TPSA) is 47.3 Å². The molecule has 0 spiro atoms. The number of methoxy groups -OCH3 is 1. The van der Waals surface area contributed by atoms with E-state index in [0.717, 1.165) is 24.4 Å². The number of ether oxygens (including phenoxy) is 1. The van der Waals surface area contributed by atoms with Crippen molar-refractivity contribution in [3.05, 3.63) is 48.0 Å². The Bertz CT molecular complexity index is 463. The highest BCUT2D eigenvalue weighted by Gasteiger charge is 2.01. The first-order valence-corrected chi connectivity index (χ1v) is 5.56. The van der Waals surface area contributed by atoms with Gasteiger partial charge in [-0.05, 0) is 24.1 Å². The number of aliphatic hydroxyl groups is 1. The summed E-state index contributed by atoms with van der Waals surface area (Å²) in [5.41, 5.74) is 2.09. The van der Waals surface area contributed by atoms with Gasteiger partial charge < -0.3 is 14.4 Å².